The molecule has 1 aromatic carbocycles. The molecule has 120 valence electrons. The van der Waals surface area contributed by atoms with Crippen molar-refractivity contribution < 1.29 is 4.79 Å². The number of piperazine rings is 1. The van der Waals surface area contributed by atoms with Gasteiger partial charge in [0.2, 0.25) is 0 Å². The molecule has 5 heteroatoms. The lowest BCUT2D eigenvalue weighted by molar-refractivity contribution is 0.0498. The fraction of sp³-hybridized carbons (Fsp3) is 0.333. The van der Waals surface area contributed by atoms with Gasteiger partial charge in [0, 0.05) is 38.4 Å². The molecule has 0 saturated carbocycles. The Morgan fingerprint density at radius 3 is 2.74 bits per heavy atom. The number of carbonyl (C=O) groups excluding carboxylic acids is 1. The maximum Gasteiger partial charge on any atom is 0.254 e. The number of nitrogens with one attached hydrogen (secondary N) is 1. The molecule has 2 aromatic rings. The van der Waals surface area contributed by atoms with Crippen molar-refractivity contribution >= 4 is 11.7 Å². The van der Waals surface area contributed by atoms with E-state index < -0.39 is 0 Å². The molecule has 1 aliphatic heterocycles. The standard InChI is InChI=1S/C18H22N4O/c1-19-17-12-15(8-9-20-17)18(23)22-11-10-21(2)13-16(22)14-6-4-3-5-7-14/h3-9,12,16H,10-11,13H2,1-2H3,(H,19,20). The van der Waals surface area contributed by atoms with Crippen LogP contribution in [0.25, 0.3) is 0 Å². The molecular weight excluding hydrogens is 288 g/mol. The summed E-state index contributed by atoms with van der Waals surface area (Å²) in [6.07, 6.45) is 1.67. The van der Waals surface area contributed by atoms with Gasteiger partial charge in [0.25, 0.3) is 5.91 Å². The first kappa shape index (κ1) is 15.5. The number of pyridine rings is 1. The van der Waals surface area contributed by atoms with Gasteiger partial charge in [0.15, 0.2) is 0 Å². The fourth-order valence-electron chi connectivity index (χ4n) is 2.99. The van der Waals surface area contributed by atoms with Crippen molar-refractivity contribution in [2.75, 3.05) is 39.0 Å². The van der Waals surface area contributed by atoms with Crippen molar-refractivity contribution in [2.24, 2.45) is 0 Å². The molecule has 1 fully saturated rings. The van der Waals surface area contributed by atoms with Gasteiger partial charge in [-0.25, -0.2) is 4.98 Å². The average molecular weight is 310 g/mol. The van der Waals surface area contributed by atoms with Crippen molar-refractivity contribution in [3.05, 3.63) is 59.8 Å². The molecule has 1 N–H and O–H groups in total. The quantitative estimate of drug-likeness (QED) is 0.944. The van der Waals surface area contributed by atoms with Crippen molar-refractivity contribution in [1.29, 1.82) is 0 Å². The minimum absolute atomic E-state index is 0.0610. The maximum atomic E-state index is 13.0. The molecule has 0 bridgehead atoms. The molecule has 1 atom stereocenters. The number of hydrogen-bond donors (Lipinski definition) is 1. The van der Waals surface area contributed by atoms with Crippen LogP contribution in [0, 0.1) is 0 Å². The molecule has 0 spiro atoms. The zero-order chi connectivity index (χ0) is 16.2. The normalized spacial score (nSPS) is 18.7. The average Bonchev–Trinajstić information content (AvgIpc) is 2.62. The number of amides is 1. The Balaban J connectivity index is 1.90. The van der Waals surface area contributed by atoms with Crippen LogP contribution in [0.15, 0.2) is 48.7 Å². The molecule has 23 heavy (non-hydrogen) atoms. The summed E-state index contributed by atoms with van der Waals surface area (Å²) in [7, 11) is 3.91. The van der Waals surface area contributed by atoms with E-state index in [2.05, 4.69) is 34.4 Å². The maximum absolute atomic E-state index is 13.0. The number of anilines is 1. The minimum Gasteiger partial charge on any atom is -0.373 e. The first-order valence-electron chi connectivity index (χ1n) is 7.87. The summed E-state index contributed by atoms with van der Waals surface area (Å²) in [5.74, 6) is 0.770. The van der Waals surface area contributed by atoms with Gasteiger partial charge in [-0.3, -0.25) is 4.79 Å². The molecule has 5 nitrogen and oxygen atoms in total. The topological polar surface area (TPSA) is 48.5 Å². The van der Waals surface area contributed by atoms with Gasteiger partial charge in [-0.05, 0) is 24.7 Å². The Morgan fingerprint density at radius 1 is 1.22 bits per heavy atom. The molecule has 1 aliphatic rings. The van der Waals surface area contributed by atoms with Gasteiger partial charge in [-0.2, -0.15) is 0 Å². The van der Waals surface area contributed by atoms with Crippen LogP contribution in [0.5, 0.6) is 0 Å². The van der Waals surface area contributed by atoms with E-state index in [1.807, 2.05) is 29.2 Å². The largest absolute Gasteiger partial charge is 0.373 e. The van der Waals surface area contributed by atoms with E-state index in [-0.39, 0.29) is 11.9 Å². The van der Waals surface area contributed by atoms with Crippen molar-refractivity contribution in [3.63, 3.8) is 0 Å². The number of carbonyl (C=O) groups is 1. The molecular formula is C18H22N4O. The number of hydrogen-bond acceptors (Lipinski definition) is 4. The molecule has 0 radical (unpaired) electrons. The third-order valence-corrected chi connectivity index (χ3v) is 4.29. The van der Waals surface area contributed by atoms with Gasteiger partial charge in [-0.15, -0.1) is 0 Å². The lowest BCUT2D eigenvalue weighted by Gasteiger charge is -2.40. The Kier molecular flexibility index (Phi) is 4.57. The van der Waals surface area contributed by atoms with Crippen LogP contribution >= 0.6 is 0 Å². The number of aromatic nitrogens is 1. The zero-order valence-corrected chi connectivity index (χ0v) is 13.6. The second-order valence-electron chi connectivity index (χ2n) is 5.87. The third kappa shape index (κ3) is 3.35. The van der Waals surface area contributed by atoms with Crippen LogP contribution in [0.2, 0.25) is 0 Å². The highest BCUT2D eigenvalue weighted by Crippen LogP contribution is 2.26. The van der Waals surface area contributed by atoms with Crippen molar-refractivity contribution in [3.8, 4) is 0 Å². The Bertz CT molecular complexity index is 674. The van der Waals surface area contributed by atoms with Gasteiger partial charge in [-0.1, -0.05) is 30.3 Å². The van der Waals surface area contributed by atoms with Gasteiger partial charge < -0.3 is 15.1 Å². The highest BCUT2D eigenvalue weighted by Gasteiger charge is 2.30. The SMILES string of the molecule is CNc1cc(C(=O)N2CCN(C)CC2c2ccccc2)ccn1. The molecule has 3 rings (SSSR count). The molecule has 2 heterocycles. The summed E-state index contributed by atoms with van der Waals surface area (Å²) in [5, 5.41) is 2.99. The van der Waals surface area contributed by atoms with E-state index in [1.165, 1.54) is 5.56 Å². The molecule has 1 unspecified atom stereocenters. The zero-order valence-electron chi connectivity index (χ0n) is 13.6. The summed E-state index contributed by atoms with van der Waals surface area (Å²) < 4.78 is 0. The fourth-order valence-corrected chi connectivity index (χ4v) is 2.99. The van der Waals surface area contributed by atoms with E-state index in [9.17, 15) is 4.79 Å². The van der Waals surface area contributed by atoms with Crippen LogP contribution in [0.3, 0.4) is 0 Å². The van der Waals surface area contributed by atoms with Crippen LogP contribution in [0.4, 0.5) is 5.82 Å². The summed E-state index contributed by atoms with van der Waals surface area (Å²) in [4.78, 5) is 21.4. The predicted octanol–water partition coefficient (Wildman–Crippen LogP) is 2.25. The molecule has 1 aromatic heterocycles. The van der Waals surface area contributed by atoms with E-state index in [4.69, 9.17) is 0 Å². The van der Waals surface area contributed by atoms with E-state index >= 15 is 0 Å². The molecule has 0 aliphatic carbocycles. The third-order valence-electron chi connectivity index (χ3n) is 4.29. The molecule has 1 amide bonds. The van der Waals surface area contributed by atoms with Crippen LogP contribution in [-0.4, -0.2) is 54.4 Å². The van der Waals surface area contributed by atoms with Gasteiger partial charge in [0.1, 0.15) is 5.82 Å². The van der Waals surface area contributed by atoms with Crippen LogP contribution in [0.1, 0.15) is 22.0 Å². The number of rotatable bonds is 3. The first-order chi connectivity index (χ1) is 11.2. The lowest BCUT2D eigenvalue weighted by Crippen LogP contribution is -2.49. The second-order valence-corrected chi connectivity index (χ2v) is 5.87. The Morgan fingerprint density at radius 2 is 2.00 bits per heavy atom. The van der Waals surface area contributed by atoms with Crippen molar-refractivity contribution in [2.45, 2.75) is 6.04 Å². The summed E-state index contributed by atoms with van der Waals surface area (Å²) in [5.41, 5.74) is 1.85. The first-order valence-corrected chi connectivity index (χ1v) is 7.87. The number of likely N-dealkylation sites (N-methyl/N-ethyl adjacent to an activating group) is 1. The van der Waals surface area contributed by atoms with Crippen LogP contribution < -0.4 is 5.32 Å². The smallest absolute Gasteiger partial charge is 0.254 e. The van der Waals surface area contributed by atoms with Gasteiger partial charge >= 0.3 is 0 Å². The lowest BCUT2D eigenvalue weighted by atomic mass is 10.0. The van der Waals surface area contributed by atoms with Crippen LogP contribution in [-0.2, 0) is 0 Å². The monoisotopic (exact) mass is 310 g/mol. The highest BCUT2D eigenvalue weighted by molar-refractivity contribution is 5.95. The minimum atomic E-state index is 0.0610. The predicted molar refractivity (Wildman–Crippen MR) is 91.5 cm³/mol. The Hall–Kier alpha value is -2.40. The highest BCUT2D eigenvalue weighted by atomic mass is 16.2. The van der Waals surface area contributed by atoms with E-state index in [1.54, 1.807) is 19.3 Å². The molecule has 1 saturated heterocycles. The Labute approximate surface area is 136 Å². The second kappa shape index (κ2) is 6.79. The number of nitrogens with zero attached hydrogens (tertiary/aromatic N) is 3. The number of benzene rings is 1. The van der Waals surface area contributed by atoms with Crippen molar-refractivity contribution in [1.82, 2.24) is 14.8 Å². The summed E-state index contributed by atoms with van der Waals surface area (Å²) in [6, 6.07) is 13.9. The van der Waals surface area contributed by atoms with Gasteiger partial charge in [0.05, 0.1) is 6.04 Å². The summed E-state index contributed by atoms with van der Waals surface area (Å²) in [6.45, 7) is 2.46. The van der Waals surface area contributed by atoms with E-state index in [0.29, 0.717) is 11.4 Å². The summed E-state index contributed by atoms with van der Waals surface area (Å²) >= 11 is 0. The van der Waals surface area contributed by atoms with E-state index in [0.717, 1.165) is 19.6 Å².